The Morgan fingerprint density at radius 1 is 1.08 bits per heavy atom. The van der Waals surface area contributed by atoms with Gasteiger partial charge in [-0.15, -0.1) is 0 Å². The van der Waals surface area contributed by atoms with Gasteiger partial charge in [0, 0.05) is 10.0 Å². The molecule has 1 atom stereocenters. The average molecular weight is 413 g/mol. The highest BCUT2D eigenvalue weighted by molar-refractivity contribution is 9.10. The number of carbonyl (C=O) groups is 1. The van der Waals surface area contributed by atoms with E-state index in [0.717, 1.165) is 10.0 Å². The summed E-state index contributed by atoms with van der Waals surface area (Å²) in [6, 6.07) is 13.1. The SMILES string of the molecule is CONS(=O)(=O)c1ccc(C(=O)NC(C)c2ccc(Br)cc2)cc1. The minimum Gasteiger partial charge on any atom is -0.346 e. The van der Waals surface area contributed by atoms with Gasteiger partial charge in [-0.25, -0.2) is 8.42 Å². The van der Waals surface area contributed by atoms with Crippen LogP contribution < -0.4 is 10.2 Å². The van der Waals surface area contributed by atoms with E-state index in [1.54, 1.807) is 0 Å². The van der Waals surface area contributed by atoms with Gasteiger partial charge in [0.15, 0.2) is 0 Å². The number of hydrogen-bond donors (Lipinski definition) is 2. The van der Waals surface area contributed by atoms with E-state index in [1.165, 1.54) is 31.4 Å². The minimum atomic E-state index is -3.73. The first kappa shape index (κ1) is 18.6. The van der Waals surface area contributed by atoms with Gasteiger partial charge in [0.2, 0.25) is 0 Å². The Bertz CT molecular complexity index is 805. The summed E-state index contributed by atoms with van der Waals surface area (Å²) in [5, 5.41) is 2.87. The van der Waals surface area contributed by atoms with Crippen molar-refractivity contribution in [2.45, 2.75) is 17.9 Å². The third-order valence-corrected chi connectivity index (χ3v) is 5.14. The summed E-state index contributed by atoms with van der Waals surface area (Å²) < 4.78 is 24.5. The van der Waals surface area contributed by atoms with Crippen LogP contribution in [-0.4, -0.2) is 21.4 Å². The van der Waals surface area contributed by atoms with Crippen LogP contribution in [0.2, 0.25) is 0 Å². The van der Waals surface area contributed by atoms with Crippen molar-refractivity contribution in [2.75, 3.05) is 7.11 Å². The molecule has 0 aromatic heterocycles. The van der Waals surface area contributed by atoms with Crippen LogP contribution in [0.3, 0.4) is 0 Å². The number of carbonyl (C=O) groups excluding carboxylic acids is 1. The number of hydrogen-bond acceptors (Lipinski definition) is 4. The van der Waals surface area contributed by atoms with E-state index in [1.807, 2.05) is 36.1 Å². The van der Waals surface area contributed by atoms with Gasteiger partial charge in [0.05, 0.1) is 18.0 Å². The average Bonchev–Trinajstić information content (AvgIpc) is 2.55. The second-order valence-corrected chi connectivity index (χ2v) is 7.62. The smallest absolute Gasteiger partial charge is 0.262 e. The molecule has 0 spiro atoms. The van der Waals surface area contributed by atoms with Crippen LogP contribution in [0.25, 0.3) is 0 Å². The number of nitrogens with one attached hydrogen (secondary N) is 2. The zero-order valence-corrected chi connectivity index (χ0v) is 15.5. The number of benzene rings is 2. The Hall–Kier alpha value is -1.74. The highest BCUT2D eigenvalue weighted by Gasteiger charge is 2.15. The van der Waals surface area contributed by atoms with Crippen molar-refractivity contribution in [1.82, 2.24) is 10.2 Å². The first-order valence-electron chi connectivity index (χ1n) is 7.04. The predicted octanol–water partition coefficient (Wildman–Crippen LogP) is 2.78. The van der Waals surface area contributed by atoms with Crippen molar-refractivity contribution >= 4 is 31.9 Å². The molecule has 0 saturated carbocycles. The molecule has 0 heterocycles. The molecule has 0 aliphatic rings. The van der Waals surface area contributed by atoms with E-state index in [0.29, 0.717) is 5.56 Å². The topological polar surface area (TPSA) is 84.5 Å². The van der Waals surface area contributed by atoms with Gasteiger partial charge in [0.1, 0.15) is 0 Å². The van der Waals surface area contributed by atoms with Gasteiger partial charge >= 0.3 is 0 Å². The largest absolute Gasteiger partial charge is 0.346 e. The predicted molar refractivity (Wildman–Crippen MR) is 93.8 cm³/mol. The van der Waals surface area contributed by atoms with Gasteiger partial charge in [0.25, 0.3) is 15.9 Å². The summed E-state index contributed by atoms with van der Waals surface area (Å²) in [6.45, 7) is 1.88. The molecule has 0 fully saturated rings. The summed E-state index contributed by atoms with van der Waals surface area (Å²) in [5.74, 6) is -0.283. The fourth-order valence-corrected chi connectivity index (χ4v) is 3.13. The third-order valence-electron chi connectivity index (χ3n) is 3.34. The molecule has 0 aliphatic carbocycles. The van der Waals surface area contributed by atoms with Gasteiger partial charge in [-0.2, -0.15) is 0 Å². The van der Waals surface area contributed by atoms with Crippen molar-refractivity contribution in [1.29, 1.82) is 0 Å². The Morgan fingerprint density at radius 3 is 2.21 bits per heavy atom. The second-order valence-electron chi connectivity index (χ2n) is 5.06. The van der Waals surface area contributed by atoms with Crippen molar-refractivity contribution < 1.29 is 18.0 Å². The third kappa shape index (κ3) is 4.64. The minimum absolute atomic E-state index is 0.0156. The van der Waals surface area contributed by atoms with Crippen LogP contribution in [0, 0.1) is 0 Å². The number of sulfonamides is 1. The molecule has 8 heteroatoms. The van der Waals surface area contributed by atoms with Crippen LogP contribution >= 0.6 is 15.9 Å². The first-order chi connectivity index (χ1) is 11.3. The molecule has 2 aromatic rings. The van der Waals surface area contributed by atoms with Crippen LogP contribution in [0.5, 0.6) is 0 Å². The summed E-state index contributed by atoms with van der Waals surface area (Å²) in [6.07, 6.45) is 0. The van der Waals surface area contributed by atoms with Crippen LogP contribution in [0.1, 0.15) is 28.9 Å². The molecular formula is C16H17BrN2O4S. The van der Waals surface area contributed by atoms with Crippen molar-refractivity contribution in [2.24, 2.45) is 0 Å². The van der Waals surface area contributed by atoms with Gasteiger partial charge in [-0.05, 0) is 48.9 Å². The summed E-state index contributed by atoms with van der Waals surface area (Å²) in [7, 11) is -2.52. The molecule has 128 valence electrons. The normalized spacial score (nSPS) is 12.6. The van der Waals surface area contributed by atoms with Gasteiger partial charge in [-0.1, -0.05) is 32.9 Å². The van der Waals surface area contributed by atoms with Crippen molar-refractivity contribution in [3.63, 3.8) is 0 Å². The first-order valence-corrected chi connectivity index (χ1v) is 9.32. The van der Waals surface area contributed by atoms with Crippen LogP contribution in [0.15, 0.2) is 57.9 Å². The highest BCUT2D eigenvalue weighted by Crippen LogP contribution is 2.17. The second kappa shape index (κ2) is 7.89. The molecule has 6 nitrogen and oxygen atoms in total. The maximum absolute atomic E-state index is 12.3. The lowest BCUT2D eigenvalue weighted by atomic mass is 10.1. The fraction of sp³-hybridized carbons (Fsp3) is 0.188. The molecule has 0 saturated heterocycles. The monoisotopic (exact) mass is 412 g/mol. The molecule has 0 radical (unpaired) electrons. The van der Waals surface area contributed by atoms with E-state index in [9.17, 15) is 13.2 Å². The lowest BCUT2D eigenvalue weighted by Gasteiger charge is -2.14. The maximum atomic E-state index is 12.3. The van der Waals surface area contributed by atoms with E-state index in [-0.39, 0.29) is 16.8 Å². The lowest BCUT2D eigenvalue weighted by Crippen LogP contribution is -2.27. The molecule has 0 aliphatic heterocycles. The van der Waals surface area contributed by atoms with Gasteiger partial charge in [-0.3, -0.25) is 9.63 Å². The molecule has 1 amide bonds. The Morgan fingerprint density at radius 2 is 1.67 bits per heavy atom. The van der Waals surface area contributed by atoms with Crippen LogP contribution in [0.4, 0.5) is 0 Å². The zero-order chi connectivity index (χ0) is 17.7. The van der Waals surface area contributed by atoms with E-state index in [4.69, 9.17) is 0 Å². The van der Waals surface area contributed by atoms with Gasteiger partial charge < -0.3 is 5.32 Å². The zero-order valence-electron chi connectivity index (χ0n) is 13.1. The molecule has 2 rings (SSSR count). The molecule has 2 aromatic carbocycles. The maximum Gasteiger partial charge on any atom is 0.262 e. The standard InChI is InChI=1S/C16H17BrN2O4S/c1-11(12-3-7-14(17)8-4-12)18-16(20)13-5-9-15(10-6-13)24(21,22)19-23-2/h3-11,19H,1-2H3,(H,18,20). The van der Waals surface area contributed by atoms with E-state index < -0.39 is 10.0 Å². The molecule has 1 unspecified atom stereocenters. The number of halogens is 1. The van der Waals surface area contributed by atoms with Crippen molar-refractivity contribution in [3.05, 3.63) is 64.1 Å². The number of rotatable bonds is 6. The summed E-state index contributed by atoms with van der Waals surface area (Å²) in [4.78, 5) is 18.6. The molecule has 24 heavy (non-hydrogen) atoms. The summed E-state index contributed by atoms with van der Waals surface area (Å²) >= 11 is 3.37. The van der Waals surface area contributed by atoms with Crippen LogP contribution in [-0.2, 0) is 14.9 Å². The number of amides is 1. The Kier molecular flexibility index (Phi) is 6.11. The Labute approximate surface area is 149 Å². The van der Waals surface area contributed by atoms with E-state index >= 15 is 0 Å². The quantitative estimate of drug-likeness (QED) is 0.714. The lowest BCUT2D eigenvalue weighted by molar-refractivity contribution is 0.0940. The van der Waals surface area contributed by atoms with Crippen molar-refractivity contribution in [3.8, 4) is 0 Å². The van der Waals surface area contributed by atoms with E-state index in [2.05, 4.69) is 26.1 Å². The molecular weight excluding hydrogens is 396 g/mol. The fourth-order valence-electron chi connectivity index (χ4n) is 2.06. The molecule has 2 N–H and O–H groups in total. The highest BCUT2D eigenvalue weighted by atomic mass is 79.9. The summed E-state index contributed by atoms with van der Waals surface area (Å²) in [5.41, 5.74) is 1.34. The Balaban J connectivity index is 2.09. The molecule has 0 bridgehead atoms.